The van der Waals surface area contributed by atoms with Gasteiger partial charge in [-0.1, -0.05) is 45.4 Å². The van der Waals surface area contributed by atoms with Crippen molar-refractivity contribution in [3.05, 3.63) is 56.5 Å². The molecule has 0 saturated heterocycles. The molecule has 0 spiro atoms. The van der Waals surface area contributed by atoms with Gasteiger partial charge in [-0.05, 0) is 43.0 Å². The highest BCUT2D eigenvalue weighted by Gasteiger charge is 2.18. The second kappa shape index (κ2) is 10.3. The predicted molar refractivity (Wildman–Crippen MR) is 126 cm³/mol. The Morgan fingerprint density at radius 2 is 1.61 bits per heavy atom. The third-order valence-electron chi connectivity index (χ3n) is 5.24. The molecule has 3 aromatic rings. The molecule has 0 aliphatic rings. The number of hydrogen-bond donors (Lipinski definition) is 0. The highest BCUT2D eigenvalue weighted by molar-refractivity contribution is 5.76. The molecule has 7 nitrogen and oxygen atoms in total. The second-order valence-electron chi connectivity index (χ2n) is 7.70. The van der Waals surface area contributed by atoms with Gasteiger partial charge in [-0.25, -0.2) is 9.78 Å². The Morgan fingerprint density at radius 1 is 0.935 bits per heavy atom. The van der Waals surface area contributed by atoms with E-state index < -0.39 is 0 Å². The van der Waals surface area contributed by atoms with E-state index in [-0.39, 0.29) is 11.2 Å². The first-order valence-electron chi connectivity index (χ1n) is 11.1. The van der Waals surface area contributed by atoms with E-state index in [9.17, 15) is 9.59 Å². The van der Waals surface area contributed by atoms with E-state index in [4.69, 9.17) is 4.74 Å². The number of imidazole rings is 1. The SMILES string of the molecule is CCCCOc1ccc(/C=C/c2nc3c(c(=O)n(CCC)c(=O)n3CCC)n2C)cc1. The first-order chi connectivity index (χ1) is 15.0. The first-order valence-corrected chi connectivity index (χ1v) is 11.1. The van der Waals surface area contributed by atoms with Crippen molar-refractivity contribution >= 4 is 23.3 Å². The van der Waals surface area contributed by atoms with Crippen molar-refractivity contribution in [3.8, 4) is 5.75 Å². The Balaban J connectivity index is 1.97. The lowest BCUT2D eigenvalue weighted by molar-refractivity contribution is 0.309. The molecule has 3 rings (SSSR count). The number of rotatable bonds is 10. The van der Waals surface area contributed by atoms with Crippen LogP contribution in [0, 0.1) is 0 Å². The fraction of sp³-hybridized carbons (Fsp3) is 0.458. The van der Waals surface area contributed by atoms with Gasteiger partial charge in [-0.2, -0.15) is 0 Å². The highest BCUT2D eigenvalue weighted by atomic mass is 16.5. The van der Waals surface area contributed by atoms with Gasteiger partial charge in [0.05, 0.1) is 6.61 Å². The Hall–Kier alpha value is -3.09. The van der Waals surface area contributed by atoms with Crippen LogP contribution in [-0.4, -0.2) is 25.3 Å². The molecule has 0 bridgehead atoms. The van der Waals surface area contributed by atoms with Crippen LogP contribution in [0.5, 0.6) is 5.75 Å². The van der Waals surface area contributed by atoms with Crippen LogP contribution in [0.1, 0.15) is 57.8 Å². The van der Waals surface area contributed by atoms with Gasteiger partial charge in [-0.3, -0.25) is 13.9 Å². The van der Waals surface area contributed by atoms with Crippen LogP contribution >= 0.6 is 0 Å². The van der Waals surface area contributed by atoms with Gasteiger partial charge in [0.25, 0.3) is 5.56 Å². The summed E-state index contributed by atoms with van der Waals surface area (Å²) in [5, 5.41) is 0. The summed E-state index contributed by atoms with van der Waals surface area (Å²) in [5.74, 6) is 1.49. The molecule has 7 heteroatoms. The molecule has 0 atom stereocenters. The van der Waals surface area contributed by atoms with E-state index in [1.807, 2.05) is 57.3 Å². The molecule has 0 radical (unpaired) electrons. The molecule has 0 N–H and O–H groups in total. The van der Waals surface area contributed by atoms with E-state index in [1.165, 1.54) is 4.57 Å². The Bertz CT molecular complexity index is 1170. The highest BCUT2D eigenvalue weighted by Crippen LogP contribution is 2.16. The molecule has 0 unspecified atom stereocenters. The van der Waals surface area contributed by atoms with Gasteiger partial charge in [0.1, 0.15) is 11.6 Å². The molecular formula is C24H32N4O3. The smallest absolute Gasteiger partial charge is 0.332 e. The van der Waals surface area contributed by atoms with E-state index >= 15 is 0 Å². The number of ether oxygens (including phenoxy) is 1. The molecule has 0 amide bonds. The number of fused-ring (bicyclic) bond motifs is 1. The number of nitrogens with zero attached hydrogens (tertiary/aromatic N) is 4. The zero-order chi connectivity index (χ0) is 22.4. The lowest BCUT2D eigenvalue weighted by Gasteiger charge is -2.10. The molecule has 0 aliphatic heterocycles. The molecule has 1 aromatic carbocycles. The van der Waals surface area contributed by atoms with Crippen molar-refractivity contribution in [2.24, 2.45) is 7.05 Å². The van der Waals surface area contributed by atoms with Crippen LogP contribution in [0.2, 0.25) is 0 Å². The maximum atomic E-state index is 13.0. The monoisotopic (exact) mass is 424 g/mol. The lowest BCUT2D eigenvalue weighted by Crippen LogP contribution is -2.40. The second-order valence-corrected chi connectivity index (χ2v) is 7.70. The van der Waals surface area contributed by atoms with Crippen LogP contribution in [0.3, 0.4) is 0 Å². The van der Waals surface area contributed by atoms with Crippen molar-refractivity contribution in [3.63, 3.8) is 0 Å². The average Bonchev–Trinajstić information content (AvgIpc) is 3.10. The normalized spacial score (nSPS) is 11.6. The van der Waals surface area contributed by atoms with Gasteiger partial charge in [-0.15, -0.1) is 0 Å². The summed E-state index contributed by atoms with van der Waals surface area (Å²) in [6.45, 7) is 7.75. The van der Waals surface area contributed by atoms with E-state index in [2.05, 4.69) is 11.9 Å². The van der Waals surface area contributed by atoms with Crippen LogP contribution in [0.4, 0.5) is 0 Å². The topological polar surface area (TPSA) is 71.1 Å². The maximum Gasteiger partial charge on any atom is 0.332 e. The maximum absolute atomic E-state index is 13.0. The number of unbranched alkanes of at least 4 members (excludes halogenated alkanes) is 1. The molecular weight excluding hydrogens is 392 g/mol. The quantitative estimate of drug-likeness (QED) is 0.460. The molecule has 166 valence electrons. The standard InChI is InChI=1S/C24H32N4O3/c1-5-8-17-31-19-12-9-18(10-13-19)11-14-20-25-22-21(26(20)4)23(29)28(16-7-3)24(30)27(22)15-6-2/h9-14H,5-8,15-17H2,1-4H3/b14-11+. The number of hydrogen-bond acceptors (Lipinski definition) is 4. The summed E-state index contributed by atoms with van der Waals surface area (Å²) >= 11 is 0. The minimum absolute atomic E-state index is 0.280. The molecule has 31 heavy (non-hydrogen) atoms. The van der Waals surface area contributed by atoms with Crippen LogP contribution in [-0.2, 0) is 20.1 Å². The van der Waals surface area contributed by atoms with Gasteiger partial charge in [0.2, 0.25) is 0 Å². The van der Waals surface area contributed by atoms with Crippen LogP contribution < -0.4 is 16.0 Å². The average molecular weight is 425 g/mol. The van der Waals surface area contributed by atoms with Gasteiger partial charge >= 0.3 is 5.69 Å². The first kappa shape index (κ1) is 22.6. The molecule has 0 aliphatic carbocycles. The Labute approximate surface area is 182 Å². The van der Waals surface area contributed by atoms with Crippen LogP contribution in [0.25, 0.3) is 23.3 Å². The molecule has 2 heterocycles. The Kier molecular flexibility index (Phi) is 7.50. The third-order valence-corrected chi connectivity index (χ3v) is 5.24. The summed E-state index contributed by atoms with van der Waals surface area (Å²) < 4.78 is 10.4. The number of benzene rings is 1. The van der Waals surface area contributed by atoms with Crippen molar-refractivity contribution in [1.29, 1.82) is 0 Å². The number of aryl methyl sites for hydroxylation is 2. The zero-order valence-corrected chi connectivity index (χ0v) is 18.9. The summed E-state index contributed by atoms with van der Waals surface area (Å²) in [4.78, 5) is 30.5. The minimum Gasteiger partial charge on any atom is -0.494 e. The van der Waals surface area contributed by atoms with E-state index in [0.717, 1.165) is 43.6 Å². The van der Waals surface area contributed by atoms with Crippen molar-refractivity contribution in [1.82, 2.24) is 18.7 Å². The number of aromatic nitrogens is 4. The zero-order valence-electron chi connectivity index (χ0n) is 18.9. The molecule has 2 aromatic heterocycles. The molecule has 0 fully saturated rings. The van der Waals surface area contributed by atoms with Crippen molar-refractivity contribution in [2.45, 2.75) is 59.5 Å². The summed E-state index contributed by atoms with van der Waals surface area (Å²) in [6.07, 6.45) is 7.47. The lowest BCUT2D eigenvalue weighted by atomic mass is 10.2. The van der Waals surface area contributed by atoms with E-state index in [0.29, 0.717) is 30.1 Å². The molecule has 0 saturated carbocycles. The third kappa shape index (κ3) is 4.81. The predicted octanol–water partition coefficient (Wildman–Crippen LogP) is 4.07. The van der Waals surface area contributed by atoms with Gasteiger partial charge in [0.15, 0.2) is 11.2 Å². The van der Waals surface area contributed by atoms with Crippen molar-refractivity contribution < 1.29 is 4.74 Å². The fourth-order valence-corrected chi connectivity index (χ4v) is 3.55. The van der Waals surface area contributed by atoms with E-state index in [1.54, 1.807) is 9.13 Å². The summed E-state index contributed by atoms with van der Waals surface area (Å²) in [7, 11) is 1.82. The van der Waals surface area contributed by atoms with Gasteiger partial charge in [0, 0.05) is 20.1 Å². The summed E-state index contributed by atoms with van der Waals surface area (Å²) in [6, 6.07) is 7.88. The van der Waals surface area contributed by atoms with Gasteiger partial charge < -0.3 is 9.30 Å². The van der Waals surface area contributed by atoms with Crippen molar-refractivity contribution in [2.75, 3.05) is 6.61 Å². The summed E-state index contributed by atoms with van der Waals surface area (Å²) in [5.41, 5.74) is 1.35. The fourth-order valence-electron chi connectivity index (χ4n) is 3.55. The largest absolute Gasteiger partial charge is 0.494 e. The minimum atomic E-state index is -0.284. The van der Waals surface area contributed by atoms with Crippen LogP contribution in [0.15, 0.2) is 33.9 Å². The Morgan fingerprint density at radius 3 is 2.26 bits per heavy atom.